The topological polar surface area (TPSA) is 66.9 Å². The largest absolute Gasteiger partial charge is 0.444 e. The summed E-state index contributed by atoms with van der Waals surface area (Å²) in [5.41, 5.74) is 2.84. The summed E-state index contributed by atoms with van der Waals surface area (Å²) in [7, 11) is 3.92. The van der Waals surface area contributed by atoms with Crippen LogP contribution < -0.4 is 4.90 Å². The Bertz CT molecular complexity index is 779. The van der Waals surface area contributed by atoms with Gasteiger partial charge in [0.15, 0.2) is 12.2 Å². The van der Waals surface area contributed by atoms with Gasteiger partial charge in [0.1, 0.15) is 5.82 Å². The van der Waals surface area contributed by atoms with Crippen LogP contribution >= 0.6 is 0 Å². The van der Waals surface area contributed by atoms with Crippen LogP contribution in [0.1, 0.15) is 5.56 Å². The Morgan fingerprint density at radius 2 is 1.96 bits per heavy atom. The molecule has 0 spiro atoms. The smallest absolute Gasteiger partial charge is 0.181 e. The Labute approximate surface area is 134 Å². The molecule has 6 heteroatoms. The van der Waals surface area contributed by atoms with Gasteiger partial charge in [-0.1, -0.05) is 0 Å². The highest BCUT2D eigenvalue weighted by Gasteiger charge is 2.01. The molecule has 3 rings (SSSR count). The number of rotatable bonds is 5. The third-order valence-corrected chi connectivity index (χ3v) is 3.29. The maximum atomic E-state index is 5.25. The quantitative estimate of drug-likeness (QED) is 0.666. The van der Waals surface area contributed by atoms with Crippen LogP contribution in [0.15, 0.2) is 69.8 Å². The van der Waals surface area contributed by atoms with E-state index in [0.717, 1.165) is 28.4 Å². The summed E-state index contributed by atoms with van der Waals surface area (Å²) in [6.07, 6.45) is 4.88. The maximum absolute atomic E-state index is 5.25. The van der Waals surface area contributed by atoms with Crippen molar-refractivity contribution in [3.63, 3.8) is 0 Å². The average Bonchev–Trinajstić information content (AvgIpc) is 3.10. The first-order chi connectivity index (χ1) is 11.2. The van der Waals surface area contributed by atoms with Crippen molar-refractivity contribution in [1.82, 2.24) is 9.97 Å². The fourth-order valence-electron chi connectivity index (χ4n) is 2.05. The van der Waals surface area contributed by atoms with E-state index in [2.05, 4.69) is 20.2 Å². The third-order valence-electron chi connectivity index (χ3n) is 3.29. The number of benzene rings is 1. The number of pyridine rings is 1. The lowest BCUT2D eigenvalue weighted by Crippen LogP contribution is -2.10. The van der Waals surface area contributed by atoms with E-state index in [9.17, 15) is 0 Å². The van der Waals surface area contributed by atoms with Crippen molar-refractivity contribution in [2.45, 2.75) is 6.54 Å². The van der Waals surface area contributed by atoms with Gasteiger partial charge in [-0.2, -0.15) is 10.2 Å². The minimum atomic E-state index is 0.521. The number of oxazole rings is 1. The lowest BCUT2D eigenvalue weighted by atomic mass is 10.2. The Hall–Kier alpha value is -3.02. The van der Waals surface area contributed by atoms with Gasteiger partial charge in [0.25, 0.3) is 0 Å². The predicted octanol–water partition coefficient (Wildman–Crippen LogP) is 4.09. The lowest BCUT2D eigenvalue weighted by molar-refractivity contribution is 0.572. The van der Waals surface area contributed by atoms with Crippen molar-refractivity contribution < 1.29 is 4.42 Å². The molecule has 0 N–H and O–H groups in total. The first-order valence-corrected chi connectivity index (χ1v) is 7.21. The summed E-state index contributed by atoms with van der Waals surface area (Å²) in [5.74, 6) is 1.65. The summed E-state index contributed by atoms with van der Waals surface area (Å²) in [4.78, 5) is 10.1. The van der Waals surface area contributed by atoms with Gasteiger partial charge in [-0.05, 0) is 42.0 Å². The highest BCUT2D eigenvalue weighted by molar-refractivity contribution is 5.59. The van der Waals surface area contributed by atoms with Gasteiger partial charge in [-0.25, -0.2) is 9.97 Å². The van der Waals surface area contributed by atoms with Crippen LogP contribution in [-0.4, -0.2) is 24.1 Å². The van der Waals surface area contributed by atoms with Gasteiger partial charge in [-0.15, -0.1) is 0 Å². The number of hydrogen-bond donors (Lipinski definition) is 0. The van der Waals surface area contributed by atoms with Gasteiger partial charge >= 0.3 is 0 Å². The Morgan fingerprint density at radius 3 is 2.65 bits per heavy atom. The Morgan fingerprint density at radius 1 is 1.13 bits per heavy atom. The first-order valence-electron chi connectivity index (χ1n) is 7.21. The van der Waals surface area contributed by atoms with Gasteiger partial charge in [0.05, 0.1) is 18.4 Å². The van der Waals surface area contributed by atoms with Gasteiger partial charge in [0, 0.05) is 25.9 Å². The molecule has 0 fully saturated rings. The van der Waals surface area contributed by atoms with Crippen molar-refractivity contribution in [3.8, 4) is 11.3 Å². The molecule has 0 atom stereocenters. The summed E-state index contributed by atoms with van der Waals surface area (Å²) in [6.45, 7) is 0.521. The van der Waals surface area contributed by atoms with Crippen LogP contribution in [0.3, 0.4) is 0 Å². The van der Waals surface area contributed by atoms with E-state index in [4.69, 9.17) is 4.42 Å². The molecule has 0 unspecified atom stereocenters. The average molecular weight is 307 g/mol. The fourth-order valence-corrected chi connectivity index (χ4v) is 2.05. The zero-order valence-electron chi connectivity index (χ0n) is 13.0. The van der Waals surface area contributed by atoms with Crippen LogP contribution in [0.4, 0.5) is 11.5 Å². The predicted molar refractivity (Wildman–Crippen MR) is 88.7 cm³/mol. The molecule has 0 saturated heterocycles. The third kappa shape index (κ3) is 3.79. The molecule has 0 aliphatic heterocycles. The molecule has 0 aliphatic carbocycles. The van der Waals surface area contributed by atoms with Crippen molar-refractivity contribution in [2.75, 3.05) is 19.0 Å². The second-order valence-corrected chi connectivity index (χ2v) is 5.23. The van der Waals surface area contributed by atoms with Gasteiger partial charge in [-0.3, -0.25) is 0 Å². The van der Waals surface area contributed by atoms with E-state index >= 15 is 0 Å². The minimum Gasteiger partial charge on any atom is -0.444 e. The van der Waals surface area contributed by atoms with E-state index in [1.807, 2.05) is 55.4 Å². The van der Waals surface area contributed by atoms with E-state index in [0.29, 0.717) is 6.54 Å². The second-order valence-electron chi connectivity index (χ2n) is 5.23. The van der Waals surface area contributed by atoms with E-state index in [1.54, 1.807) is 12.4 Å². The minimum absolute atomic E-state index is 0.521. The van der Waals surface area contributed by atoms with Crippen LogP contribution in [0.5, 0.6) is 0 Å². The summed E-state index contributed by atoms with van der Waals surface area (Å²) < 4.78 is 5.25. The van der Waals surface area contributed by atoms with Crippen molar-refractivity contribution in [2.24, 2.45) is 10.2 Å². The molecule has 0 bridgehead atoms. The van der Waals surface area contributed by atoms with Crippen LogP contribution in [-0.2, 0) is 6.54 Å². The summed E-state index contributed by atoms with van der Waals surface area (Å²) in [5, 5.41) is 8.49. The zero-order valence-corrected chi connectivity index (χ0v) is 13.0. The fraction of sp³-hybridized carbons (Fsp3) is 0.176. The summed E-state index contributed by atoms with van der Waals surface area (Å²) in [6, 6.07) is 11.6. The number of nitrogens with zero attached hydrogens (tertiary/aromatic N) is 5. The molecule has 2 heterocycles. The summed E-state index contributed by atoms with van der Waals surface area (Å²) >= 11 is 0. The number of azo groups is 1. The molecule has 0 amide bonds. The Kier molecular flexibility index (Phi) is 4.42. The van der Waals surface area contributed by atoms with E-state index < -0.39 is 0 Å². The van der Waals surface area contributed by atoms with Crippen LogP contribution in [0.25, 0.3) is 11.3 Å². The standard InChI is InChI=1S/C17H17N5O/c1-22(2)17-9-13(7-8-19-17)10-20-21-15-5-3-14(4-6-15)16-11-18-12-23-16/h3-9,11-12H,10H2,1-2H3. The second kappa shape index (κ2) is 6.83. The number of hydrogen-bond acceptors (Lipinski definition) is 6. The van der Waals surface area contributed by atoms with E-state index in [-0.39, 0.29) is 0 Å². The van der Waals surface area contributed by atoms with Crippen molar-refractivity contribution >= 4 is 11.5 Å². The lowest BCUT2D eigenvalue weighted by Gasteiger charge is -2.11. The molecule has 3 aromatic rings. The Balaban J connectivity index is 1.65. The highest BCUT2D eigenvalue weighted by atomic mass is 16.3. The maximum Gasteiger partial charge on any atom is 0.181 e. The zero-order chi connectivity index (χ0) is 16.1. The van der Waals surface area contributed by atoms with Crippen LogP contribution in [0.2, 0.25) is 0 Å². The number of aromatic nitrogens is 2. The van der Waals surface area contributed by atoms with Crippen LogP contribution in [0, 0.1) is 0 Å². The molecule has 1 aromatic carbocycles. The van der Waals surface area contributed by atoms with Gasteiger partial charge < -0.3 is 9.32 Å². The molecule has 2 aromatic heterocycles. The molecule has 0 radical (unpaired) electrons. The molecule has 23 heavy (non-hydrogen) atoms. The molecule has 116 valence electrons. The molecular weight excluding hydrogens is 290 g/mol. The molecule has 0 saturated carbocycles. The van der Waals surface area contributed by atoms with Crippen molar-refractivity contribution in [1.29, 1.82) is 0 Å². The monoisotopic (exact) mass is 307 g/mol. The molecular formula is C17H17N5O. The number of anilines is 1. The van der Waals surface area contributed by atoms with E-state index in [1.165, 1.54) is 6.39 Å². The van der Waals surface area contributed by atoms with Crippen molar-refractivity contribution in [3.05, 3.63) is 60.7 Å². The normalized spacial score (nSPS) is 11.0. The molecule has 6 nitrogen and oxygen atoms in total. The molecule has 0 aliphatic rings. The SMILES string of the molecule is CN(C)c1cc(CN=Nc2ccc(-c3cnco3)cc2)ccn1. The van der Waals surface area contributed by atoms with Gasteiger partial charge in [0.2, 0.25) is 0 Å². The highest BCUT2D eigenvalue weighted by Crippen LogP contribution is 2.22. The first kappa shape index (κ1) is 14.9.